The molecule has 3 rings (SSSR count). The van der Waals surface area contributed by atoms with E-state index in [4.69, 9.17) is 9.72 Å². The molecule has 1 aliphatic heterocycles. The van der Waals surface area contributed by atoms with Gasteiger partial charge in [0.05, 0.1) is 5.54 Å². The molecule has 1 aromatic carbocycles. The molecular weight excluding hydrogens is 455 g/mol. The molecular formula is C21H26BrFN4O3. The SMILES string of the molecule is CC(C)(C)OC(=O)NCC(=O)N1CCn2c(nc(-c3ccc(F)cc3)c2Br)C1(C)C. The molecule has 1 N–H and O–H groups in total. The zero-order valence-electron chi connectivity index (χ0n) is 17.8. The molecule has 1 aliphatic rings. The van der Waals surface area contributed by atoms with Gasteiger partial charge in [-0.25, -0.2) is 14.2 Å². The number of fused-ring (bicyclic) bond motifs is 1. The second kappa shape index (κ2) is 8.02. The number of hydrogen-bond donors (Lipinski definition) is 1. The van der Waals surface area contributed by atoms with E-state index in [1.807, 2.05) is 18.4 Å². The molecule has 0 fully saturated rings. The summed E-state index contributed by atoms with van der Waals surface area (Å²) < 4.78 is 21.3. The molecule has 9 heteroatoms. The Balaban J connectivity index is 1.80. The fourth-order valence-corrected chi connectivity index (χ4v) is 4.15. The van der Waals surface area contributed by atoms with Crippen LogP contribution in [0.5, 0.6) is 0 Å². The molecule has 0 atom stereocenters. The zero-order chi connectivity index (χ0) is 22.3. The largest absolute Gasteiger partial charge is 0.444 e. The lowest BCUT2D eigenvalue weighted by molar-refractivity contribution is -0.137. The summed E-state index contributed by atoms with van der Waals surface area (Å²) in [5.74, 6) is 0.179. The van der Waals surface area contributed by atoms with Crippen LogP contribution in [-0.4, -0.2) is 45.1 Å². The number of carbonyl (C=O) groups is 2. The van der Waals surface area contributed by atoms with Gasteiger partial charge in [0.1, 0.15) is 34.1 Å². The molecule has 2 amide bonds. The van der Waals surface area contributed by atoms with Crippen molar-refractivity contribution in [1.29, 1.82) is 0 Å². The maximum atomic E-state index is 13.3. The van der Waals surface area contributed by atoms with Gasteiger partial charge in [0, 0.05) is 18.7 Å². The summed E-state index contributed by atoms with van der Waals surface area (Å²) in [7, 11) is 0. The number of aromatic nitrogens is 2. The van der Waals surface area contributed by atoms with E-state index in [0.29, 0.717) is 24.6 Å². The predicted octanol–water partition coefficient (Wildman–Crippen LogP) is 4.05. The van der Waals surface area contributed by atoms with Crippen molar-refractivity contribution in [3.63, 3.8) is 0 Å². The number of nitrogens with zero attached hydrogens (tertiary/aromatic N) is 3. The molecule has 0 saturated carbocycles. The molecule has 2 aromatic rings. The third-order valence-corrected chi connectivity index (χ3v) is 5.68. The zero-order valence-corrected chi connectivity index (χ0v) is 19.3. The van der Waals surface area contributed by atoms with E-state index < -0.39 is 17.2 Å². The highest BCUT2D eigenvalue weighted by molar-refractivity contribution is 9.10. The van der Waals surface area contributed by atoms with E-state index in [1.54, 1.807) is 37.8 Å². The fraction of sp³-hybridized carbons (Fsp3) is 0.476. The number of benzene rings is 1. The number of amides is 2. The molecule has 2 heterocycles. The van der Waals surface area contributed by atoms with Crippen molar-refractivity contribution < 1.29 is 18.7 Å². The van der Waals surface area contributed by atoms with Crippen LogP contribution < -0.4 is 5.32 Å². The van der Waals surface area contributed by atoms with Crippen molar-refractivity contribution in [2.24, 2.45) is 0 Å². The Morgan fingerprint density at radius 1 is 1.23 bits per heavy atom. The Hall–Kier alpha value is -2.42. The second-order valence-corrected chi connectivity index (χ2v) is 9.44. The van der Waals surface area contributed by atoms with Gasteiger partial charge in [-0.05, 0) is 74.8 Å². The minimum Gasteiger partial charge on any atom is -0.444 e. The number of nitrogens with one attached hydrogen (secondary N) is 1. The molecule has 0 bridgehead atoms. The second-order valence-electron chi connectivity index (χ2n) is 8.69. The van der Waals surface area contributed by atoms with E-state index >= 15 is 0 Å². The van der Waals surface area contributed by atoms with Crippen LogP contribution in [0, 0.1) is 5.82 Å². The highest BCUT2D eigenvalue weighted by Gasteiger charge is 2.41. The summed E-state index contributed by atoms with van der Waals surface area (Å²) in [6.45, 7) is 9.97. The van der Waals surface area contributed by atoms with Gasteiger partial charge in [-0.1, -0.05) is 0 Å². The maximum absolute atomic E-state index is 13.3. The molecule has 0 radical (unpaired) electrons. The van der Waals surface area contributed by atoms with Crippen LogP contribution in [0.3, 0.4) is 0 Å². The molecule has 162 valence electrons. The van der Waals surface area contributed by atoms with Crippen molar-refractivity contribution in [3.8, 4) is 11.3 Å². The molecule has 0 spiro atoms. The Morgan fingerprint density at radius 3 is 2.47 bits per heavy atom. The quantitative estimate of drug-likeness (QED) is 0.718. The summed E-state index contributed by atoms with van der Waals surface area (Å²) in [6.07, 6.45) is -0.631. The van der Waals surface area contributed by atoms with Gasteiger partial charge in [-0.3, -0.25) is 4.79 Å². The molecule has 0 unspecified atom stereocenters. The third kappa shape index (κ3) is 4.50. The number of carbonyl (C=O) groups excluding carboxylic acids is 2. The first-order valence-corrected chi connectivity index (χ1v) is 10.5. The number of rotatable bonds is 3. The van der Waals surface area contributed by atoms with E-state index in [2.05, 4.69) is 21.2 Å². The topological polar surface area (TPSA) is 76.5 Å². The third-order valence-electron chi connectivity index (χ3n) is 4.88. The number of halogens is 2. The minimum absolute atomic E-state index is 0.162. The number of alkyl carbamates (subject to hydrolysis) is 1. The number of ether oxygens (including phenoxy) is 1. The molecule has 30 heavy (non-hydrogen) atoms. The van der Waals surface area contributed by atoms with Crippen LogP contribution in [0.1, 0.15) is 40.4 Å². The van der Waals surface area contributed by atoms with Crippen molar-refractivity contribution in [2.45, 2.75) is 52.3 Å². The van der Waals surface area contributed by atoms with Crippen LogP contribution in [0.25, 0.3) is 11.3 Å². The fourth-order valence-electron chi connectivity index (χ4n) is 3.49. The van der Waals surface area contributed by atoms with Gasteiger partial charge < -0.3 is 19.5 Å². The number of hydrogen-bond acceptors (Lipinski definition) is 4. The van der Waals surface area contributed by atoms with Crippen LogP contribution in [0.15, 0.2) is 28.9 Å². The first-order valence-electron chi connectivity index (χ1n) is 9.70. The first-order chi connectivity index (χ1) is 13.9. The average molecular weight is 481 g/mol. The Morgan fingerprint density at radius 2 is 1.87 bits per heavy atom. The van der Waals surface area contributed by atoms with Gasteiger partial charge in [0.15, 0.2) is 0 Å². The Kier molecular flexibility index (Phi) is 5.95. The Bertz CT molecular complexity index is 964. The lowest BCUT2D eigenvalue weighted by Gasteiger charge is -2.42. The van der Waals surface area contributed by atoms with Gasteiger partial charge in [0.2, 0.25) is 5.91 Å². The molecule has 1 aromatic heterocycles. The normalized spacial score (nSPS) is 15.5. The number of imidazole rings is 1. The van der Waals surface area contributed by atoms with E-state index in [1.165, 1.54) is 12.1 Å². The van der Waals surface area contributed by atoms with Crippen molar-refractivity contribution in [1.82, 2.24) is 19.8 Å². The Labute approximate surface area is 183 Å². The molecule has 7 nitrogen and oxygen atoms in total. The van der Waals surface area contributed by atoms with Crippen molar-refractivity contribution >= 4 is 27.9 Å². The first kappa shape index (κ1) is 22.3. The van der Waals surface area contributed by atoms with Crippen LogP contribution >= 0.6 is 15.9 Å². The molecule has 0 aliphatic carbocycles. The summed E-state index contributed by atoms with van der Waals surface area (Å²) in [5.41, 5.74) is 0.140. The van der Waals surface area contributed by atoms with Crippen LogP contribution in [-0.2, 0) is 21.6 Å². The minimum atomic E-state index is -0.703. The monoisotopic (exact) mass is 480 g/mol. The summed E-state index contributed by atoms with van der Waals surface area (Å²) in [6, 6.07) is 6.14. The van der Waals surface area contributed by atoms with Crippen LogP contribution in [0.4, 0.5) is 9.18 Å². The van der Waals surface area contributed by atoms with E-state index in [0.717, 1.165) is 10.2 Å². The molecule has 0 saturated heterocycles. The summed E-state index contributed by atoms with van der Waals surface area (Å²) in [4.78, 5) is 31.2. The summed E-state index contributed by atoms with van der Waals surface area (Å²) >= 11 is 3.61. The lowest BCUT2D eigenvalue weighted by atomic mass is 9.99. The van der Waals surface area contributed by atoms with E-state index in [9.17, 15) is 14.0 Å². The average Bonchev–Trinajstić information content (AvgIpc) is 2.97. The van der Waals surface area contributed by atoms with Gasteiger partial charge in [-0.15, -0.1) is 0 Å². The lowest BCUT2D eigenvalue weighted by Crippen LogP contribution is -2.54. The van der Waals surface area contributed by atoms with Gasteiger partial charge >= 0.3 is 6.09 Å². The van der Waals surface area contributed by atoms with Gasteiger partial charge in [0.25, 0.3) is 0 Å². The standard InChI is InChI=1S/C21H26BrFN4O3/c1-20(2,3)30-19(29)24-12-15(28)27-11-10-26-17(22)16(25-18(26)21(27,4)5)13-6-8-14(23)9-7-13/h6-9H,10-12H2,1-5H3,(H,24,29). The predicted molar refractivity (Wildman–Crippen MR) is 114 cm³/mol. The highest BCUT2D eigenvalue weighted by Crippen LogP contribution is 2.38. The smallest absolute Gasteiger partial charge is 0.408 e. The van der Waals surface area contributed by atoms with Crippen molar-refractivity contribution in [2.75, 3.05) is 13.1 Å². The highest BCUT2D eigenvalue weighted by atomic mass is 79.9. The van der Waals surface area contributed by atoms with E-state index in [-0.39, 0.29) is 18.3 Å². The summed E-state index contributed by atoms with van der Waals surface area (Å²) in [5, 5.41) is 2.52. The van der Waals surface area contributed by atoms with Crippen molar-refractivity contribution in [3.05, 3.63) is 40.5 Å². The van der Waals surface area contributed by atoms with Crippen LogP contribution in [0.2, 0.25) is 0 Å². The van der Waals surface area contributed by atoms with Gasteiger partial charge in [-0.2, -0.15) is 0 Å². The maximum Gasteiger partial charge on any atom is 0.408 e.